The molecule has 0 unspecified atom stereocenters. The third-order valence-electron chi connectivity index (χ3n) is 5.75. The van der Waals surface area contributed by atoms with E-state index in [0.29, 0.717) is 19.0 Å². The fraction of sp³-hybridized carbons (Fsp3) is 0.455. The molecule has 1 aliphatic heterocycles. The van der Waals surface area contributed by atoms with E-state index in [1.165, 1.54) is 37.7 Å². The summed E-state index contributed by atoms with van der Waals surface area (Å²) in [6.45, 7) is 7.64. The first kappa shape index (κ1) is 20.1. The van der Waals surface area contributed by atoms with Gasteiger partial charge in [0.15, 0.2) is 0 Å². The van der Waals surface area contributed by atoms with Crippen LogP contribution in [0.3, 0.4) is 0 Å². The van der Waals surface area contributed by atoms with Crippen molar-refractivity contribution in [3.8, 4) is 11.1 Å². The molecule has 1 heterocycles. The first-order valence-electron chi connectivity index (χ1n) is 9.56. The van der Waals surface area contributed by atoms with Gasteiger partial charge in [0.2, 0.25) is 0 Å². The van der Waals surface area contributed by atoms with Gasteiger partial charge in [-0.1, -0.05) is 36.4 Å². The van der Waals surface area contributed by atoms with Gasteiger partial charge in [0.1, 0.15) is 0 Å². The fourth-order valence-corrected chi connectivity index (χ4v) is 5.02. The molecule has 5 heteroatoms. The third-order valence-corrected chi connectivity index (χ3v) is 7.69. The standard InChI is InChI=1S/C22H30N2O2S/c1-16-13-18(3)22(14-17(16)2)21-8-6-7-20(15-21)19-9-11-24(12-10-19)27(25,26)23(4)5/h6-8,13-15,19H,9-12H2,1-5H3. The highest BCUT2D eigenvalue weighted by Crippen LogP contribution is 2.33. The summed E-state index contributed by atoms with van der Waals surface area (Å²) in [5.74, 6) is 0.408. The van der Waals surface area contributed by atoms with Gasteiger partial charge in [0.05, 0.1) is 0 Å². The van der Waals surface area contributed by atoms with Crippen LogP contribution in [0.1, 0.15) is 41.0 Å². The smallest absolute Gasteiger partial charge is 0.195 e. The van der Waals surface area contributed by atoms with E-state index in [1.54, 1.807) is 18.4 Å². The Kier molecular flexibility index (Phi) is 5.75. The van der Waals surface area contributed by atoms with Gasteiger partial charge in [0.25, 0.3) is 10.2 Å². The highest BCUT2D eigenvalue weighted by atomic mass is 32.2. The van der Waals surface area contributed by atoms with Crippen molar-refractivity contribution in [2.45, 2.75) is 39.5 Å². The van der Waals surface area contributed by atoms with Crippen LogP contribution in [-0.2, 0) is 10.2 Å². The minimum Gasteiger partial charge on any atom is -0.195 e. The lowest BCUT2D eigenvalue weighted by Gasteiger charge is -2.33. The predicted octanol–water partition coefficient (Wildman–Crippen LogP) is 4.26. The Balaban J connectivity index is 1.81. The normalized spacial score (nSPS) is 16.8. The molecule has 0 N–H and O–H groups in total. The molecule has 3 rings (SSSR count). The molecule has 2 aromatic rings. The number of hydrogen-bond acceptors (Lipinski definition) is 2. The highest BCUT2D eigenvalue weighted by Gasteiger charge is 2.30. The number of hydrogen-bond donors (Lipinski definition) is 0. The van der Waals surface area contributed by atoms with Crippen molar-refractivity contribution in [1.29, 1.82) is 0 Å². The van der Waals surface area contributed by atoms with Gasteiger partial charge in [-0.25, -0.2) is 0 Å². The lowest BCUT2D eigenvalue weighted by atomic mass is 9.87. The predicted molar refractivity (Wildman–Crippen MR) is 112 cm³/mol. The molecule has 0 radical (unpaired) electrons. The molecule has 2 aromatic carbocycles. The van der Waals surface area contributed by atoms with Gasteiger partial charge < -0.3 is 0 Å². The Bertz CT molecular complexity index is 927. The van der Waals surface area contributed by atoms with Crippen LogP contribution in [0.25, 0.3) is 11.1 Å². The van der Waals surface area contributed by atoms with Crippen molar-refractivity contribution in [2.24, 2.45) is 0 Å². The summed E-state index contributed by atoms with van der Waals surface area (Å²) in [4.78, 5) is 0. The average molecular weight is 387 g/mol. The van der Waals surface area contributed by atoms with Crippen LogP contribution in [0.15, 0.2) is 36.4 Å². The zero-order chi connectivity index (χ0) is 19.8. The van der Waals surface area contributed by atoms with Crippen LogP contribution in [0.2, 0.25) is 0 Å². The first-order valence-corrected chi connectivity index (χ1v) is 11.0. The molecule has 1 saturated heterocycles. The average Bonchev–Trinajstić information content (AvgIpc) is 2.65. The van der Waals surface area contributed by atoms with Crippen LogP contribution in [-0.4, -0.2) is 44.2 Å². The highest BCUT2D eigenvalue weighted by molar-refractivity contribution is 7.86. The summed E-state index contributed by atoms with van der Waals surface area (Å²) in [5.41, 5.74) is 7.77. The number of benzene rings is 2. The number of piperidine rings is 1. The van der Waals surface area contributed by atoms with Crippen molar-refractivity contribution in [2.75, 3.05) is 27.2 Å². The Morgan fingerprint density at radius 3 is 2.19 bits per heavy atom. The zero-order valence-corrected chi connectivity index (χ0v) is 17.8. The van der Waals surface area contributed by atoms with Gasteiger partial charge in [0, 0.05) is 27.2 Å². The second kappa shape index (κ2) is 7.74. The summed E-state index contributed by atoms with van der Waals surface area (Å²) < 4.78 is 27.5. The van der Waals surface area contributed by atoms with E-state index < -0.39 is 10.2 Å². The fourth-order valence-electron chi connectivity index (χ4n) is 3.88. The van der Waals surface area contributed by atoms with Crippen molar-refractivity contribution in [3.63, 3.8) is 0 Å². The summed E-state index contributed by atoms with van der Waals surface area (Å²) >= 11 is 0. The molecule has 0 amide bonds. The monoisotopic (exact) mass is 386 g/mol. The summed E-state index contributed by atoms with van der Waals surface area (Å²) in [6.07, 6.45) is 1.73. The lowest BCUT2D eigenvalue weighted by molar-refractivity contribution is 0.302. The zero-order valence-electron chi connectivity index (χ0n) is 17.0. The summed E-state index contributed by atoms with van der Waals surface area (Å²) in [7, 11) is -0.116. The minimum atomic E-state index is -3.30. The maximum Gasteiger partial charge on any atom is 0.281 e. The van der Waals surface area contributed by atoms with Gasteiger partial charge in [-0.3, -0.25) is 0 Å². The molecule has 0 bridgehead atoms. The molecule has 0 atom stereocenters. The minimum absolute atomic E-state index is 0.408. The Morgan fingerprint density at radius 1 is 0.926 bits per heavy atom. The molecule has 0 aromatic heterocycles. The van der Waals surface area contributed by atoms with E-state index in [4.69, 9.17) is 0 Å². The van der Waals surface area contributed by atoms with Crippen LogP contribution in [0.5, 0.6) is 0 Å². The van der Waals surface area contributed by atoms with Crippen LogP contribution in [0.4, 0.5) is 0 Å². The third kappa shape index (κ3) is 4.10. The quantitative estimate of drug-likeness (QED) is 0.787. The number of rotatable bonds is 4. The van der Waals surface area contributed by atoms with Crippen molar-refractivity contribution < 1.29 is 8.42 Å². The molecule has 0 spiro atoms. The Labute approximate surface area is 164 Å². The van der Waals surface area contributed by atoms with E-state index in [9.17, 15) is 8.42 Å². The second-order valence-corrected chi connectivity index (χ2v) is 9.98. The van der Waals surface area contributed by atoms with Crippen LogP contribution in [0, 0.1) is 20.8 Å². The van der Waals surface area contributed by atoms with Gasteiger partial charge in [-0.15, -0.1) is 0 Å². The van der Waals surface area contributed by atoms with Crippen molar-refractivity contribution in [3.05, 3.63) is 58.7 Å². The number of nitrogens with zero attached hydrogens (tertiary/aromatic N) is 2. The van der Waals surface area contributed by atoms with E-state index >= 15 is 0 Å². The summed E-state index contributed by atoms with van der Waals surface area (Å²) in [5, 5.41) is 0. The van der Waals surface area contributed by atoms with E-state index in [0.717, 1.165) is 12.8 Å². The summed E-state index contributed by atoms with van der Waals surface area (Å²) in [6, 6.07) is 13.3. The van der Waals surface area contributed by atoms with E-state index in [-0.39, 0.29) is 0 Å². The van der Waals surface area contributed by atoms with Crippen molar-refractivity contribution >= 4 is 10.2 Å². The molecule has 4 nitrogen and oxygen atoms in total. The SMILES string of the molecule is Cc1cc(C)c(-c2cccc(C3CCN(S(=O)(=O)N(C)C)CC3)c2)cc1C. The molecule has 146 valence electrons. The van der Waals surface area contributed by atoms with Gasteiger partial charge in [-0.05, 0) is 72.9 Å². The maximum absolute atomic E-state index is 12.3. The topological polar surface area (TPSA) is 40.6 Å². The molecule has 27 heavy (non-hydrogen) atoms. The number of aryl methyl sites for hydroxylation is 3. The molecular formula is C22H30N2O2S. The lowest BCUT2D eigenvalue weighted by Crippen LogP contribution is -2.44. The van der Waals surface area contributed by atoms with Gasteiger partial charge in [-0.2, -0.15) is 17.0 Å². The van der Waals surface area contributed by atoms with E-state index in [1.807, 2.05) is 0 Å². The molecule has 0 aliphatic carbocycles. The van der Waals surface area contributed by atoms with Crippen molar-refractivity contribution in [1.82, 2.24) is 8.61 Å². The van der Waals surface area contributed by atoms with Crippen LogP contribution >= 0.6 is 0 Å². The maximum atomic E-state index is 12.3. The van der Waals surface area contributed by atoms with Gasteiger partial charge >= 0.3 is 0 Å². The molecule has 1 fully saturated rings. The first-order chi connectivity index (χ1) is 12.7. The van der Waals surface area contributed by atoms with E-state index in [2.05, 4.69) is 57.2 Å². The molecule has 1 aliphatic rings. The van der Waals surface area contributed by atoms with Crippen LogP contribution < -0.4 is 0 Å². The Morgan fingerprint density at radius 2 is 1.56 bits per heavy atom. The molecular weight excluding hydrogens is 356 g/mol. The largest absolute Gasteiger partial charge is 0.281 e. The molecule has 0 saturated carbocycles. The second-order valence-electron chi connectivity index (χ2n) is 7.84. The Hall–Kier alpha value is -1.69.